The zero-order valence-electron chi connectivity index (χ0n) is 11.4. The van der Waals surface area contributed by atoms with Gasteiger partial charge in [0.1, 0.15) is 5.82 Å². The fraction of sp³-hybridized carbons (Fsp3) is 0.294. The van der Waals surface area contributed by atoms with Crippen LogP contribution in [0.3, 0.4) is 0 Å². The van der Waals surface area contributed by atoms with Crippen molar-refractivity contribution in [2.45, 2.75) is 32.4 Å². The summed E-state index contributed by atoms with van der Waals surface area (Å²) in [6.45, 7) is 2.90. The van der Waals surface area contributed by atoms with E-state index in [1.165, 1.54) is 30.0 Å². The molecule has 1 saturated carbocycles. The predicted octanol–water partition coefficient (Wildman–Crippen LogP) is 4.71. The van der Waals surface area contributed by atoms with Crippen molar-refractivity contribution in [3.05, 3.63) is 58.4 Å². The molecule has 0 aliphatic heterocycles. The van der Waals surface area contributed by atoms with Gasteiger partial charge >= 0.3 is 0 Å². The Hall–Kier alpha value is -1.38. The van der Waals surface area contributed by atoms with E-state index in [1.54, 1.807) is 12.1 Å². The Morgan fingerprint density at radius 3 is 2.70 bits per heavy atom. The minimum atomic E-state index is -0.374. The molecule has 104 valence electrons. The summed E-state index contributed by atoms with van der Waals surface area (Å²) >= 11 is 5.90. The van der Waals surface area contributed by atoms with E-state index < -0.39 is 0 Å². The predicted molar refractivity (Wildman–Crippen MR) is 81.4 cm³/mol. The SMILES string of the molecule is Cc1ccc(CNC2CC2)c(-c2ccc(F)c(Cl)c2)c1. The van der Waals surface area contributed by atoms with Crippen LogP contribution >= 0.6 is 11.6 Å². The molecule has 0 saturated heterocycles. The standard InChI is InChI=1S/C17H17ClFN/c1-11-2-3-13(10-20-14-5-6-14)15(8-11)12-4-7-17(19)16(18)9-12/h2-4,7-9,14,20H,5-6,10H2,1H3. The number of hydrogen-bond acceptors (Lipinski definition) is 1. The third-order valence-corrected chi connectivity index (χ3v) is 3.94. The first-order valence-corrected chi connectivity index (χ1v) is 7.29. The summed E-state index contributed by atoms with van der Waals surface area (Å²) in [4.78, 5) is 0. The Morgan fingerprint density at radius 1 is 1.20 bits per heavy atom. The van der Waals surface area contributed by atoms with Gasteiger partial charge in [0.05, 0.1) is 5.02 Å². The average Bonchev–Trinajstić information content (AvgIpc) is 3.24. The van der Waals surface area contributed by atoms with Crippen LogP contribution in [0.1, 0.15) is 24.0 Å². The van der Waals surface area contributed by atoms with Crippen LogP contribution in [0.25, 0.3) is 11.1 Å². The van der Waals surface area contributed by atoms with Crippen LogP contribution in [0.2, 0.25) is 5.02 Å². The van der Waals surface area contributed by atoms with E-state index in [2.05, 4.69) is 30.4 Å². The Kier molecular flexibility index (Phi) is 3.77. The minimum Gasteiger partial charge on any atom is -0.310 e. The molecule has 0 amide bonds. The first-order valence-electron chi connectivity index (χ1n) is 6.92. The van der Waals surface area contributed by atoms with Crippen molar-refractivity contribution < 1.29 is 4.39 Å². The van der Waals surface area contributed by atoms with Gasteiger partial charge in [-0.05, 0) is 48.6 Å². The molecule has 2 aromatic rings. The Labute approximate surface area is 123 Å². The van der Waals surface area contributed by atoms with Gasteiger partial charge in [-0.1, -0.05) is 41.4 Å². The van der Waals surface area contributed by atoms with Crippen LogP contribution in [-0.2, 0) is 6.54 Å². The quantitative estimate of drug-likeness (QED) is 0.860. The van der Waals surface area contributed by atoms with Gasteiger partial charge in [0, 0.05) is 12.6 Å². The smallest absolute Gasteiger partial charge is 0.141 e. The molecule has 1 aliphatic carbocycles. The largest absolute Gasteiger partial charge is 0.310 e. The molecule has 0 radical (unpaired) electrons. The van der Waals surface area contributed by atoms with Crippen molar-refractivity contribution in [1.29, 1.82) is 0 Å². The van der Waals surface area contributed by atoms with Gasteiger partial charge in [0.15, 0.2) is 0 Å². The first kappa shape index (κ1) is 13.6. The maximum atomic E-state index is 13.3. The van der Waals surface area contributed by atoms with Crippen LogP contribution in [0.4, 0.5) is 4.39 Å². The van der Waals surface area contributed by atoms with Gasteiger partial charge in [0.2, 0.25) is 0 Å². The number of nitrogens with one attached hydrogen (secondary N) is 1. The summed E-state index contributed by atoms with van der Waals surface area (Å²) in [7, 11) is 0. The van der Waals surface area contributed by atoms with Crippen LogP contribution in [0.5, 0.6) is 0 Å². The molecule has 3 rings (SSSR count). The molecule has 20 heavy (non-hydrogen) atoms. The minimum absolute atomic E-state index is 0.171. The lowest BCUT2D eigenvalue weighted by Gasteiger charge is -2.12. The summed E-state index contributed by atoms with van der Waals surface area (Å²) in [6, 6.07) is 12.0. The van der Waals surface area contributed by atoms with E-state index in [0.29, 0.717) is 6.04 Å². The molecular weight excluding hydrogens is 273 g/mol. The van der Waals surface area contributed by atoms with E-state index in [9.17, 15) is 4.39 Å². The summed E-state index contributed by atoms with van der Waals surface area (Å²) < 4.78 is 13.3. The normalized spacial score (nSPS) is 14.6. The van der Waals surface area contributed by atoms with Crippen molar-refractivity contribution in [1.82, 2.24) is 5.32 Å². The summed E-state index contributed by atoms with van der Waals surface area (Å²) in [5, 5.41) is 3.69. The van der Waals surface area contributed by atoms with Crippen molar-refractivity contribution in [3.63, 3.8) is 0 Å². The molecule has 3 heteroatoms. The van der Waals surface area contributed by atoms with Gasteiger partial charge in [-0.15, -0.1) is 0 Å². The summed E-state index contributed by atoms with van der Waals surface area (Å²) in [6.07, 6.45) is 2.53. The molecule has 0 aromatic heterocycles. The van der Waals surface area contributed by atoms with Crippen molar-refractivity contribution in [2.24, 2.45) is 0 Å². The zero-order valence-corrected chi connectivity index (χ0v) is 12.2. The van der Waals surface area contributed by atoms with Gasteiger partial charge in [-0.25, -0.2) is 4.39 Å². The van der Waals surface area contributed by atoms with Crippen molar-refractivity contribution >= 4 is 11.6 Å². The van der Waals surface area contributed by atoms with E-state index in [1.807, 2.05) is 0 Å². The van der Waals surface area contributed by atoms with Crippen molar-refractivity contribution in [2.75, 3.05) is 0 Å². The topological polar surface area (TPSA) is 12.0 Å². The maximum absolute atomic E-state index is 13.3. The van der Waals surface area contributed by atoms with Gasteiger partial charge in [-0.2, -0.15) is 0 Å². The third kappa shape index (κ3) is 3.02. The molecular formula is C17H17ClFN. The zero-order chi connectivity index (χ0) is 14.1. The molecule has 1 nitrogen and oxygen atoms in total. The highest BCUT2D eigenvalue weighted by Gasteiger charge is 2.20. The van der Waals surface area contributed by atoms with Crippen LogP contribution < -0.4 is 5.32 Å². The molecule has 2 aromatic carbocycles. The number of rotatable bonds is 4. The van der Waals surface area contributed by atoms with Gasteiger partial charge in [-0.3, -0.25) is 0 Å². The third-order valence-electron chi connectivity index (χ3n) is 3.65. The van der Waals surface area contributed by atoms with E-state index in [-0.39, 0.29) is 10.8 Å². The van der Waals surface area contributed by atoms with Crippen LogP contribution in [-0.4, -0.2) is 6.04 Å². The number of benzene rings is 2. The summed E-state index contributed by atoms with van der Waals surface area (Å²) in [5.41, 5.74) is 4.51. The van der Waals surface area contributed by atoms with Gasteiger partial charge in [0.25, 0.3) is 0 Å². The monoisotopic (exact) mass is 289 g/mol. The lowest BCUT2D eigenvalue weighted by Crippen LogP contribution is -2.15. The number of hydrogen-bond donors (Lipinski definition) is 1. The second kappa shape index (κ2) is 5.55. The Morgan fingerprint density at radius 2 is 2.00 bits per heavy atom. The molecule has 1 aliphatic rings. The molecule has 0 spiro atoms. The lowest BCUT2D eigenvalue weighted by molar-refractivity contribution is 0.628. The molecule has 0 heterocycles. The van der Waals surface area contributed by atoms with Crippen LogP contribution in [0.15, 0.2) is 36.4 Å². The van der Waals surface area contributed by atoms with E-state index >= 15 is 0 Å². The van der Waals surface area contributed by atoms with Gasteiger partial charge < -0.3 is 5.32 Å². The highest BCUT2D eigenvalue weighted by atomic mass is 35.5. The molecule has 1 fully saturated rings. The van der Waals surface area contributed by atoms with Crippen LogP contribution in [0, 0.1) is 12.7 Å². The molecule has 1 N–H and O–H groups in total. The summed E-state index contributed by atoms with van der Waals surface area (Å²) in [5.74, 6) is -0.374. The molecule has 0 unspecified atom stereocenters. The van der Waals surface area contributed by atoms with Crippen molar-refractivity contribution in [3.8, 4) is 11.1 Å². The second-order valence-electron chi connectivity index (χ2n) is 5.44. The maximum Gasteiger partial charge on any atom is 0.141 e. The Balaban J connectivity index is 1.96. The number of halogens is 2. The number of aryl methyl sites for hydroxylation is 1. The fourth-order valence-corrected chi connectivity index (χ4v) is 2.50. The molecule has 0 atom stereocenters. The Bertz CT molecular complexity index is 635. The average molecular weight is 290 g/mol. The lowest BCUT2D eigenvalue weighted by atomic mass is 9.97. The first-order chi connectivity index (χ1) is 9.63. The van der Waals surface area contributed by atoms with E-state index in [0.717, 1.165) is 17.7 Å². The van der Waals surface area contributed by atoms with E-state index in [4.69, 9.17) is 11.6 Å². The molecule has 0 bridgehead atoms. The highest BCUT2D eigenvalue weighted by Crippen LogP contribution is 2.29. The highest BCUT2D eigenvalue weighted by molar-refractivity contribution is 6.31. The fourth-order valence-electron chi connectivity index (χ4n) is 2.32. The second-order valence-corrected chi connectivity index (χ2v) is 5.85.